The largest absolute Gasteiger partial charge is 0.365 e. The van der Waals surface area contributed by atoms with E-state index in [0.29, 0.717) is 17.2 Å². The van der Waals surface area contributed by atoms with Crippen LogP contribution in [0.4, 0.5) is 5.95 Å². The molecule has 2 aromatic heterocycles. The van der Waals surface area contributed by atoms with Crippen LogP contribution in [0.5, 0.6) is 0 Å². The summed E-state index contributed by atoms with van der Waals surface area (Å²) in [4.78, 5) is 30.1. The van der Waals surface area contributed by atoms with Crippen molar-refractivity contribution in [2.24, 2.45) is 5.73 Å². The van der Waals surface area contributed by atoms with Crippen LogP contribution in [0.15, 0.2) is 31.0 Å². The molecule has 1 amide bonds. The molecule has 1 fully saturated rings. The summed E-state index contributed by atoms with van der Waals surface area (Å²) in [5, 5.41) is 0. The van der Waals surface area contributed by atoms with Crippen LogP contribution in [0.25, 0.3) is 0 Å². The van der Waals surface area contributed by atoms with Gasteiger partial charge in [-0.25, -0.2) is 19.9 Å². The summed E-state index contributed by atoms with van der Waals surface area (Å²) in [5.41, 5.74) is 6.48. The van der Waals surface area contributed by atoms with Crippen LogP contribution in [0.1, 0.15) is 28.4 Å². The molecule has 1 aliphatic heterocycles. The van der Waals surface area contributed by atoms with Gasteiger partial charge in [-0.05, 0) is 12.5 Å². The maximum atomic E-state index is 11.4. The molecule has 102 valence electrons. The second-order valence-corrected chi connectivity index (χ2v) is 4.67. The van der Waals surface area contributed by atoms with Crippen molar-refractivity contribution in [3.63, 3.8) is 0 Å². The Balaban J connectivity index is 1.83. The van der Waals surface area contributed by atoms with Crippen LogP contribution < -0.4 is 10.6 Å². The normalized spacial score (nSPS) is 18.2. The molecule has 0 aromatic carbocycles. The van der Waals surface area contributed by atoms with E-state index in [1.54, 1.807) is 18.5 Å². The van der Waals surface area contributed by atoms with E-state index in [1.807, 2.05) is 0 Å². The number of carbonyl (C=O) groups is 1. The van der Waals surface area contributed by atoms with Gasteiger partial charge >= 0.3 is 0 Å². The van der Waals surface area contributed by atoms with Gasteiger partial charge in [-0.1, -0.05) is 0 Å². The van der Waals surface area contributed by atoms with Crippen LogP contribution in [0.2, 0.25) is 0 Å². The molecule has 0 saturated carbocycles. The van der Waals surface area contributed by atoms with Gasteiger partial charge in [-0.2, -0.15) is 0 Å². The Morgan fingerprint density at radius 2 is 2.10 bits per heavy atom. The van der Waals surface area contributed by atoms with Crippen LogP contribution in [0.3, 0.4) is 0 Å². The first kappa shape index (κ1) is 12.5. The summed E-state index contributed by atoms with van der Waals surface area (Å²) in [6.45, 7) is 1.55. The second kappa shape index (κ2) is 5.20. The number of hydrogen-bond acceptors (Lipinski definition) is 6. The van der Waals surface area contributed by atoms with Gasteiger partial charge in [-0.3, -0.25) is 4.79 Å². The minimum atomic E-state index is -0.491. The summed E-state index contributed by atoms with van der Waals surface area (Å²) in [7, 11) is 0. The molecule has 2 aromatic rings. The first-order valence-electron chi connectivity index (χ1n) is 6.37. The maximum absolute atomic E-state index is 11.4. The average molecular weight is 270 g/mol. The molecule has 2 N–H and O–H groups in total. The van der Waals surface area contributed by atoms with Gasteiger partial charge in [0.1, 0.15) is 6.33 Å². The Hall–Kier alpha value is -2.57. The number of nitrogens with zero attached hydrogens (tertiary/aromatic N) is 5. The highest BCUT2D eigenvalue weighted by atomic mass is 16.1. The van der Waals surface area contributed by atoms with Crippen LogP contribution >= 0.6 is 0 Å². The molecule has 1 atom stereocenters. The van der Waals surface area contributed by atoms with Gasteiger partial charge < -0.3 is 10.6 Å². The zero-order chi connectivity index (χ0) is 13.9. The Kier molecular flexibility index (Phi) is 3.24. The number of hydrogen-bond donors (Lipinski definition) is 1. The Labute approximate surface area is 115 Å². The first-order chi connectivity index (χ1) is 9.75. The van der Waals surface area contributed by atoms with E-state index < -0.39 is 5.91 Å². The molecule has 0 bridgehead atoms. The summed E-state index contributed by atoms with van der Waals surface area (Å²) in [5.74, 6) is 0.351. The van der Waals surface area contributed by atoms with E-state index in [4.69, 9.17) is 5.73 Å². The minimum absolute atomic E-state index is 0.143. The fourth-order valence-corrected chi connectivity index (χ4v) is 2.47. The summed E-state index contributed by atoms with van der Waals surface area (Å²) >= 11 is 0. The van der Waals surface area contributed by atoms with Crippen LogP contribution in [0, 0.1) is 0 Å². The van der Waals surface area contributed by atoms with Crippen molar-refractivity contribution in [1.29, 1.82) is 0 Å². The minimum Gasteiger partial charge on any atom is -0.365 e. The highest BCUT2D eigenvalue weighted by Crippen LogP contribution is 2.29. The van der Waals surface area contributed by atoms with E-state index in [0.717, 1.165) is 19.5 Å². The van der Waals surface area contributed by atoms with E-state index >= 15 is 0 Å². The number of carbonyl (C=O) groups excluding carboxylic acids is 1. The topological polar surface area (TPSA) is 97.9 Å². The summed E-state index contributed by atoms with van der Waals surface area (Å²) < 4.78 is 0. The van der Waals surface area contributed by atoms with Gasteiger partial charge in [0.15, 0.2) is 0 Å². The summed E-state index contributed by atoms with van der Waals surface area (Å²) in [6, 6.07) is 1.78. The third-order valence-electron chi connectivity index (χ3n) is 3.42. The fourth-order valence-electron chi connectivity index (χ4n) is 2.47. The van der Waals surface area contributed by atoms with Gasteiger partial charge in [-0.15, -0.1) is 0 Å². The van der Waals surface area contributed by atoms with Crippen molar-refractivity contribution in [2.45, 2.75) is 12.3 Å². The van der Waals surface area contributed by atoms with Crippen molar-refractivity contribution in [3.8, 4) is 0 Å². The third kappa shape index (κ3) is 2.29. The average Bonchev–Trinajstić information content (AvgIpc) is 2.98. The molecule has 1 saturated heterocycles. The highest BCUT2D eigenvalue weighted by molar-refractivity contribution is 5.93. The molecule has 0 aliphatic carbocycles. The molecule has 0 spiro atoms. The zero-order valence-corrected chi connectivity index (χ0v) is 10.8. The number of rotatable bonds is 3. The van der Waals surface area contributed by atoms with Crippen LogP contribution in [-0.2, 0) is 0 Å². The van der Waals surface area contributed by atoms with Crippen molar-refractivity contribution < 1.29 is 4.79 Å². The molecule has 3 heterocycles. The Morgan fingerprint density at radius 1 is 1.30 bits per heavy atom. The monoisotopic (exact) mass is 270 g/mol. The molecule has 0 radical (unpaired) electrons. The molecular weight excluding hydrogens is 256 g/mol. The fraction of sp³-hybridized carbons (Fsp3) is 0.308. The van der Waals surface area contributed by atoms with Crippen molar-refractivity contribution in [2.75, 3.05) is 18.0 Å². The SMILES string of the molecule is NC(=O)c1cncnc1[C@@H]1CCN(c2ncccn2)C1. The lowest BCUT2D eigenvalue weighted by Crippen LogP contribution is -2.23. The third-order valence-corrected chi connectivity index (χ3v) is 3.42. The second-order valence-electron chi connectivity index (χ2n) is 4.67. The van der Waals surface area contributed by atoms with E-state index in [2.05, 4.69) is 24.8 Å². The van der Waals surface area contributed by atoms with Gasteiger partial charge in [0.05, 0.1) is 11.3 Å². The van der Waals surface area contributed by atoms with Crippen molar-refractivity contribution in [1.82, 2.24) is 19.9 Å². The molecule has 7 heteroatoms. The Bertz CT molecular complexity index is 617. The maximum Gasteiger partial charge on any atom is 0.252 e. The van der Waals surface area contributed by atoms with Crippen LogP contribution in [-0.4, -0.2) is 38.9 Å². The highest BCUT2D eigenvalue weighted by Gasteiger charge is 2.29. The van der Waals surface area contributed by atoms with Crippen molar-refractivity contribution in [3.05, 3.63) is 42.2 Å². The lowest BCUT2D eigenvalue weighted by molar-refractivity contribution is 0.0998. The molecule has 0 unspecified atom stereocenters. The number of anilines is 1. The van der Waals surface area contributed by atoms with E-state index in [1.165, 1.54) is 12.5 Å². The molecular formula is C13H14N6O. The molecule has 20 heavy (non-hydrogen) atoms. The molecule has 3 rings (SSSR count). The summed E-state index contributed by atoms with van der Waals surface area (Å²) in [6.07, 6.45) is 7.25. The number of aromatic nitrogens is 4. The smallest absolute Gasteiger partial charge is 0.252 e. The quantitative estimate of drug-likeness (QED) is 0.864. The lowest BCUT2D eigenvalue weighted by Gasteiger charge is -2.16. The predicted molar refractivity (Wildman–Crippen MR) is 72.2 cm³/mol. The number of amides is 1. The van der Waals surface area contributed by atoms with E-state index in [9.17, 15) is 4.79 Å². The first-order valence-corrected chi connectivity index (χ1v) is 6.37. The van der Waals surface area contributed by atoms with Gasteiger partial charge in [0.2, 0.25) is 5.95 Å². The van der Waals surface area contributed by atoms with Gasteiger partial charge in [0, 0.05) is 37.6 Å². The van der Waals surface area contributed by atoms with Crippen molar-refractivity contribution >= 4 is 11.9 Å². The predicted octanol–water partition coefficient (Wildman–Crippen LogP) is 0.359. The Morgan fingerprint density at radius 3 is 2.85 bits per heavy atom. The molecule has 1 aliphatic rings. The lowest BCUT2D eigenvalue weighted by atomic mass is 10.00. The zero-order valence-electron chi connectivity index (χ0n) is 10.8. The molecule has 7 nitrogen and oxygen atoms in total. The standard InChI is InChI=1S/C13H14N6O/c14-12(20)10-6-15-8-18-11(10)9-2-5-19(7-9)13-16-3-1-4-17-13/h1,3-4,6,8-9H,2,5,7H2,(H2,14,20)/t9-/m1/s1. The van der Waals surface area contributed by atoms with E-state index in [-0.39, 0.29) is 5.92 Å². The van der Waals surface area contributed by atoms with Gasteiger partial charge in [0.25, 0.3) is 5.91 Å². The number of nitrogens with two attached hydrogens (primary N) is 1. The number of primary amides is 1.